The van der Waals surface area contributed by atoms with Crippen molar-refractivity contribution in [2.75, 3.05) is 11.9 Å². The first kappa shape index (κ1) is 19.9. The van der Waals surface area contributed by atoms with E-state index in [0.717, 1.165) is 5.01 Å². The fourth-order valence-electron chi connectivity index (χ4n) is 2.33. The van der Waals surface area contributed by atoms with Crippen LogP contribution in [0.5, 0.6) is 0 Å². The maximum Gasteiger partial charge on any atom is 0.471 e. The third-order valence-corrected chi connectivity index (χ3v) is 4.33. The van der Waals surface area contributed by atoms with Crippen LogP contribution in [0.1, 0.15) is 23.2 Å². The van der Waals surface area contributed by atoms with Gasteiger partial charge >= 0.3 is 12.1 Å². The lowest BCUT2D eigenvalue weighted by atomic mass is 10.1. The summed E-state index contributed by atoms with van der Waals surface area (Å²) in [4.78, 5) is 28.4. The van der Waals surface area contributed by atoms with Crippen molar-refractivity contribution in [1.29, 1.82) is 0 Å². The second kappa shape index (κ2) is 8.31. The number of alkyl halides is 3. The minimum Gasteiger partial charge on any atom is -0.331 e. The Morgan fingerprint density at radius 3 is 2.62 bits per heavy atom. The van der Waals surface area contributed by atoms with Gasteiger partial charge in [0.1, 0.15) is 0 Å². The molecule has 2 aromatic rings. The first-order valence-electron chi connectivity index (χ1n) is 7.85. The molecule has 5 nitrogen and oxygen atoms in total. The topological polar surface area (TPSA) is 62.3 Å². The number of hydrogen-bond donors (Lipinski definition) is 1. The molecule has 0 unspecified atom stereocenters. The molecular weight excluding hydrogens is 367 g/mol. The van der Waals surface area contributed by atoms with Gasteiger partial charge in [-0.05, 0) is 31.5 Å². The summed E-state index contributed by atoms with van der Waals surface area (Å²) in [5, 5.41) is 5.35. The molecule has 0 saturated carbocycles. The Kier molecular flexibility index (Phi) is 6.36. The van der Waals surface area contributed by atoms with Gasteiger partial charge in [-0.25, -0.2) is 4.98 Å². The van der Waals surface area contributed by atoms with Gasteiger partial charge in [-0.1, -0.05) is 12.1 Å². The predicted molar refractivity (Wildman–Crippen MR) is 92.8 cm³/mol. The van der Waals surface area contributed by atoms with Crippen molar-refractivity contribution >= 4 is 28.8 Å². The normalized spacial score (nSPS) is 11.3. The molecule has 0 fully saturated rings. The molecular formula is C17H18F3N3O2S. The quantitative estimate of drug-likeness (QED) is 0.827. The lowest BCUT2D eigenvalue weighted by molar-refractivity contribution is -0.185. The third-order valence-electron chi connectivity index (χ3n) is 3.50. The molecule has 0 spiro atoms. The van der Waals surface area contributed by atoms with Crippen LogP contribution in [0.3, 0.4) is 0 Å². The molecule has 0 atom stereocenters. The van der Waals surface area contributed by atoms with E-state index in [0.29, 0.717) is 21.8 Å². The minimum atomic E-state index is -4.91. The molecule has 0 bridgehead atoms. The number of thiazole rings is 1. The zero-order valence-electron chi connectivity index (χ0n) is 14.3. The van der Waals surface area contributed by atoms with Crippen molar-refractivity contribution < 1.29 is 22.8 Å². The average molecular weight is 385 g/mol. The molecule has 1 aromatic heterocycles. The number of aromatic nitrogens is 1. The SMILES string of the molecule is CCN(Cc1cccc(NC(=O)Cc2csc(C)n2)c1)C(=O)C(F)(F)F. The van der Waals surface area contributed by atoms with Crippen LogP contribution in [0.25, 0.3) is 0 Å². The summed E-state index contributed by atoms with van der Waals surface area (Å²) in [5.74, 6) is -2.15. The highest BCUT2D eigenvalue weighted by Crippen LogP contribution is 2.21. The van der Waals surface area contributed by atoms with E-state index in [9.17, 15) is 22.8 Å². The Bertz CT molecular complexity index is 790. The van der Waals surface area contributed by atoms with Crippen molar-refractivity contribution in [2.45, 2.75) is 33.0 Å². The van der Waals surface area contributed by atoms with Crippen molar-refractivity contribution in [3.63, 3.8) is 0 Å². The van der Waals surface area contributed by atoms with Gasteiger partial charge in [0, 0.05) is 24.2 Å². The van der Waals surface area contributed by atoms with Gasteiger partial charge in [0.05, 0.1) is 17.1 Å². The molecule has 1 aromatic carbocycles. The molecule has 0 saturated heterocycles. The number of benzene rings is 1. The zero-order valence-corrected chi connectivity index (χ0v) is 15.1. The summed E-state index contributed by atoms with van der Waals surface area (Å²) < 4.78 is 37.8. The molecule has 0 aliphatic rings. The maximum absolute atomic E-state index is 12.6. The highest BCUT2D eigenvalue weighted by Gasteiger charge is 2.41. The number of amides is 2. The summed E-state index contributed by atoms with van der Waals surface area (Å²) in [5.41, 5.74) is 1.61. The molecule has 1 N–H and O–H groups in total. The lowest BCUT2D eigenvalue weighted by Crippen LogP contribution is -2.40. The van der Waals surface area contributed by atoms with E-state index in [1.807, 2.05) is 6.92 Å². The minimum absolute atomic E-state index is 0.0713. The van der Waals surface area contributed by atoms with Gasteiger partial charge < -0.3 is 10.2 Å². The highest BCUT2D eigenvalue weighted by molar-refractivity contribution is 7.09. The smallest absolute Gasteiger partial charge is 0.331 e. The second-order valence-corrected chi connectivity index (χ2v) is 6.66. The van der Waals surface area contributed by atoms with E-state index < -0.39 is 12.1 Å². The number of carbonyl (C=O) groups is 2. The summed E-state index contributed by atoms with van der Waals surface area (Å²) in [7, 11) is 0. The van der Waals surface area contributed by atoms with Gasteiger partial charge in [-0.15, -0.1) is 11.3 Å². The van der Waals surface area contributed by atoms with E-state index in [1.165, 1.54) is 18.3 Å². The van der Waals surface area contributed by atoms with Gasteiger partial charge in [0.25, 0.3) is 0 Å². The number of halogens is 3. The summed E-state index contributed by atoms with van der Waals surface area (Å²) in [6.07, 6.45) is -4.80. The van der Waals surface area contributed by atoms with E-state index in [-0.39, 0.29) is 25.4 Å². The van der Waals surface area contributed by atoms with Gasteiger partial charge in [0.15, 0.2) is 0 Å². The van der Waals surface area contributed by atoms with Crippen molar-refractivity contribution in [1.82, 2.24) is 9.88 Å². The summed E-state index contributed by atoms with van der Waals surface area (Å²) in [6.45, 7) is 3.06. The van der Waals surface area contributed by atoms with Crippen LogP contribution < -0.4 is 5.32 Å². The number of carbonyl (C=O) groups excluding carboxylic acids is 2. The van der Waals surface area contributed by atoms with Gasteiger partial charge in [-0.2, -0.15) is 13.2 Å². The lowest BCUT2D eigenvalue weighted by Gasteiger charge is -2.22. The maximum atomic E-state index is 12.6. The number of aryl methyl sites for hydroxylation is 1. The van der Waals surface area contributed by atoms with Crippen LogP contribution >= 0.6 is 11.3 Å². The van der Waals surface area contributed by atoms with Gasteiger partial charge in [-0.3, -0.25) is 9.59 Å². The summed E-state index contributed by atoms with van der Waals surface area (Å²) >= 11 is 1.45. The van der Waals surface area contributed by atoms with E-state index in [4.69, 9.17) is 0 Å². The second-order valence-electron chi connectivity index (χ2n) is 5.60. The number of anilines is 1. The average Bonchev–Trinajstić information content (AvgIpc) is 2.96. The van der Waals surface area contributed by atoms with Crippen LogP contribution in [0.2, 0.25) is 0 Å². The number of rotatable bonds is 6. The molecule has 9 heteroatoms. The van der Waals surface area contributed by atoms with Crippen molar-refractivity contribution in [2.24, 2.45) is 0 Å². The van der Waals surface area contributed by atoms with E-state index in [1.54, 1.807) is 29.6 Å². The van der Waals surface area contributed by atoms with Crippen LogP contribution in [0.15, 0.2) is 29.6 Å². The number of nitrogens with one attached hydrogen (secondary N) is 1. The van der Waals surface area contributed by atoms with Crippen LogP contribution in [-0.2, 0) is 22.6 Å². The standard InChI is InChI=1S/C17H18F3N3O2S/c1-3-23(16(25)17(18,19)20)9-12-5-4-6-13(7-12)22-15(24)8-14-10-26-11(2)21-14/h4-7,10H,3,8-9H2,1-2H3,(H,22,24). The van der Waals surface area contributed by atoms with Crippen molar-refractivity contribution in [3.05, 3.63) is 45.9 Å². The fraction of sp³-hybridized carbons (Fsp3) is 0.353. The Hall–Kier alpha value is -2.42. The van der Waals surface area contributed by atoms with Crippen molar-refractivity contribution in [3.8, 4) is 0 Å². The Morgan fingerprint density at radius 1 is 1.31 bits per heavy atom. The molecule has 0 aliphatic carbocycles. The molecule has 26 heavy (non-hydrogen) atoms. The third kappa shape index (κ3) is 5.55. The predicted octanol–water partition coefficient (Wildman–Crippen LogP) is 3.54. The Morgan fingerprint density at radius 2 is 2.04 bits per heavy atom. The monoisotopic (exact) mass is 385 g/mol. The number of nitrogens with zero attached hydrogens (tertiary/aromatic N) is 2. The highest BCUT2D eigenvalue weighted by atomic mass is 32.1. The first-order valence-corrected chi connectivity index (χ1v) is 8.73. The molecule has 0 aliphatic heterocycles. The van der Waals surface area contributed by atoms with Crippen LogP contribution in [0.4, 0.5) is 18.9 Å². The molecule has 2 rings (SSSR count). The largest absolute Gasteiger partial charge is 0.471 e. The number of hydrogen-bond acceptors (Lipinski definition) is 4. The zero-order chi connectivity index (χ0) is 19.3. The Labute approximate surface area is 152 Å². The van der Waals surface area contributed by atoms with Gasteiger partial charge in [0.2, 0.25) is 5.91 Å². The molecule has 2 amide bonds. The Balaban J connectivity index is 2.02. The molecule has 140 valence electrons. The van der Waals surface area contributed by atoms with E-state index in [2.05, 4.69) is 10.3 Å². The molecule has 1 heterocycles. The fourth-order valence-corrected chi connectivity index (χ4v) is 2.95. The van der Waals surface area contributed by atoms with Crippen LogP contribution in [0, 0.1) is 6.92 Å². The van der Waals surface area contributed by atoms with Crippen LogP contribution in [-0.4, -0.2) is 34.4 Å². The summed E-state index contributed by atoms with van der Waals surface area (Å²) in [6, 6.07) is 6.40. The molecule has 0 radical (unpaired) electrons. The van der Waals surface area contributed by atoms with E-state index >= 15 is 0 Å². The first-order chi connectivity index (χ1) is 12.2.